The number of rotatable bonds is 10. The van der Waals surface area contributed by atoms with E-state index in [-0.39, 0.29) is 44.9 Å². The number of benzene rings is 1. The number of aromatic nitrogens is 4. The Balaban J connectivity index is 1.38. The molecule has 13 nitrogen and oxygen atoms in total. The van der Waals surface area contributed by atoms with Crippen LogP contribution in [0.2, 0.25) is 0 Å². The van der Waals surface area contributed by atoms with E-state index in [9.17, 15) is 24.3 Å². The highest BCUT2D eigenvalue weighted by molar-refractivity contribution is 6.39. The molecule has 13 heteroatoms. The molecular formula is C34H45N7O6. The van der Waals surface area contributed by atoms with Crippen molar-refractivity contribution in [3.05, 3.63) is 48.4 Å². The van der Waals surface area contributed by atoms with Gasteiger partial charge in [-0.3, -0.25) is 19.2 Å². The van der Waals surface area contributed by atoms with Crippen LogP contribution in [0, 0.1) is 5.92 Å². The number of primary amides is 1. The van der Waals surface area contributed by atoms with E-state index in [2.05, 4.69) is 15.6 Å². The lowest BCUT2D eigenvalue weighted by Crippen LogP contribution is -2.63. The number of nitrogens with two attached hydrogens (primary N) is 1. The van der Waals surface area contributed by atoms with Crippen molar-refractivity contribution in [2.24, 2.45) is 11.7 Å². The molecule has 1 unspecified atom stereocenters. The molecule has 3 aromatic rings. The molecule has 1 aliphatic carbocycles. The predicted octanol–water partition coefficient (Wildman–Crippen LogP) is 2.53. The van der Waals surface area contributed by atoms with E-state index >= 15 is 0 Å². The maximum Gasteiger partial charge on any atom is 0.287 e. The molecule has 2 aliphatic heterocycles. The van der Waals surface area contributed by atoms with E-state index in [0.29, 0.717) is 18.0 Å². The molecular weight excluding hydrogens is 602 g/mol. The van der Waals surface area contributed by atoms with Crippen LogP contribution in [-0.2, 0) is 29.5 Å². The Morgan fingerprint density at radius 1 is 1.11 bits per heavy atom. The van der Waals surface area contributed by atoms with Gasteiger partial charge in [0.15, 0.2) is 0 Å². The SMILES string of the molecule is CC(C)(O)c1cnnn1[C@H]1C[C@@H](C(=O)NC2(C(=O)C(N)=O)CCOCC2)N(C(=O)C(CC2CCCCC2)n2ccc3ccccc32)C1. The number of aliphatic hydroxyl groups is 1. The Labute approximate surface area is 273 Å². The molecule has 0 spiro atoms. The van der Waals surface area contributed by atoms with Crippen molar-refractivity contribution in [3.63, 3.8) is 0 Å². The van der Waals surface area contributed by atoms with Crippen molar-refractivity contribution in [1.82, 2.24) is 29.8 Å². The molecule has 4 N–H and O–H groups in total. The second-order valence-electron chi connectivity index (χ2n) is 13.9. The van der Waals surface area contributed by atoms with Crippen LogP contribution in [0.3, 0.4) is 0 Å². The van der Waals surface area contributed by atoms with Gasteiger partial charge in [0, 0.05) is 50.7 Å². The van der Waals surface area contributed by atoms with E-state index in [1.165, 1.54) is 12.6 Å². The first-order valence-electron chi connectivity index (χ1n) is 16.7. The third-order valence-electron chi connectivity index (χ3n) is 10.3. The largest absolute Gasteiger partial charge is 0.384 e. The molecule has 0 bridgehead atoms. The lowest BCUT2D eigenvalue weighted by Gasteiger charge is -2.37. The number of ketones is 1. The van der Waals surface area contributed by atoms with Gasteiger partial charge in [-0.2, -0.15) is 0 Å². The maximum atomic E-state index is 15.0. The zero-order valence-electron chi connectivity index (χ0n) is 27.1. The summed E-state index contributed by atoms with van der Waals surface area (Å²) < 4.78 is 9.07. The zero-order valence-corrected chi connectivity index (χ0v) is 27.1. The molecule has 3 fully saturated rings. The molecule has 2 aromatic heterocycles. The van der Waals surface area contributed by atoms with E-state index in [1.54, 1.807) is 23.4 Å². The van der Waals surface area contributed by atoms with Gasteiger partial charge >= 0.3 is 0 Å². The maximum absolute atomic E-state index is 15.0. The fourth-order valence-corrected chi connectivity index (χ4v) is 7.76. The lowest BCUT2D eigenvalue weighted by atomic mass is 9.84. The van der Waals surface area contributed by atoms with E-state index in [1.807, 2.05) is 41.1 Å². The Morgan fingerprint density at radius 3 is 2.53 bits per heavy atom. The van der Waals surface area contributed by atoms with E-state index in [4.69, 9.17) is 10.5 Å². The van der Waals surface area contributed by atoms with Gasteiger partial charge in [-0.25, -0.2) is 4.68 Å². The van der Waals surface area contributed by atoms with E-state index in [0.717, 1.165) is 36.6 Å². The van der Waals surface area contributed by atoms with Crippen LogP contribution in [0.15, 0.2) is 42.7 Å². The Kier molecular flexibility index (Phi) is 9.21. The minimum absolute atomic E-state index is 0.0934. The third-order valence-corrected chi connectivity index (χ3v) is 10.3. The van der Waals surface area contributed by atoms with Crippen LogP contribution in [-0.4, -0.2) is 84.4 Å². The monoisotopic (exact) mass is 647 g/mol. The van der Waals surface area contributed by atoms with Crippen LogP contribution < -0.4 is 11.1 Å². The van der Waals surface area contributed by atoms with Gasteiger partial charge in [0.2, 0.25) is 17.6 Å². The van der Waals surface area contributed by atoms with Crippen molar-refractivity contribution in [3.8, 4) is 0 Å². The predicted molar refractivity (Wildman–Crippen MR) is 172 cm³/mol. The normalized spacial score (nSPS) is 22.7. The first-order chi connectivity index (χ1) is 22.5. The zero-order chi connectivity index (χ0) is 33.3. The van der Waals surface area contributed by atoms with Crippen molar-refractivity contribution in [2.75, 3.05) is 19.8 Å². The molecule has 1 aromatic carbocycles. The number of nitrogens with zero attached hydrogens (tertiary/aromatic N) is 5. The number of likely N-dealkylation sites (tertiary alicyclic amines) is 1. The molecule has 47 heavy (non-hydrogen) atoms. The molecule has 1 saturated carbocycles. The summed E-state index contributed by atoms with van der Waals surface area (Å²) in [6, 6.07) is 7.91. The highest BCUT2D eigenvalue weighted by Gasteiger charge is 2.49. The van der Waals surface area contributed by atoms with Gasteiger partial charge in [-0.1, -0.05) is 55.5 Å². The fraction of sp³-hybridized carbons (Fsp3) is 0.588. The van der Waals surface area contributed by atoms with Crippen molar-refractivity contribution in [1.29, 1.82) is 0 Å². The van der Waals surface area contributed by atoms with Crippen molar-refractivity contribution in [2.45, 2.75) is 101 Å². The molecule has 252 valence electrons. The summed E-state index contributed by atoms with van der Waals surface area (Å²) in [4.78, 5) is 56.1. The van der Waals surface area contributed by atoms with Gasteiger partial charge in [0.05, 0.1) is 17.9 Å². The minimum Gasteiger partial charge on any atom is -0.384 e. The molecule has 4 heterocycles. The summed E-state index contributed by atoms with van der Waals surface area (Å²) in [7, 11) is 0. The number of hydrogen-bond donors (Lipinski definition) is 3. The Hall–Kier alpha value is -4.10. The summed E-state index contributed by atoms with van der Waals surface area (Å²) in [5.41, 5.74) is 4.04. The number of nitrogens with one attached hydrogen (secondary N) is 1. The summed E-state index contributed by atoms with van der Waals surface area (Å²) in [6.45, 7) is 3.75. The van der Waals surface area contributed by atoms with Gasteiger partial charge in [-0.15, -0.1) is 5.10 Å². The first-order valence-corrected chi connectivity index (χ1v) is 16.7. The topological polar surface area (TPSA) is 175 Å². The Morgan fingerprint density at radius 2 is 1.83 bits per heavy atom. The number of para-hydroxylation sites is 1. The number of Topliss-reactive ketones (excluding diaryl/α,β-unsaturated/α-hetero) is 1. The smallest absolute Gasteiger partial charge is 0.287 e. The lowest BCUT2D eigenvalue weighted by molar-refractivity contribution is -0.147. The second kappa shape index (κ2) is 13.2. The third kappa shape index (κ3) is 6.55. The first kappa shape index (κ1) is 32.8. The minimum atomic E-state index is -1.52. The van der Waals surface area contributed by atoms with E-state index < -0.39 is 46.9 Å². The number of carbonyl (C=O) groups is 4. The van der Waals surface area contributed by atoms with Gasteiger partial charge in [0.25, 0.3) is 5.91 Å². The van der Waals surface area contributed by atoms with Crippen molar-refractivity contribution < 1.29 is 29.0 Å². The standard InChI is InChI=1S/C34H45N7O6/c1-33(2,46)28-20-36-38-41(28)24-19-26(31(44)37-34(29(42)30(35)43)13-16-47-17-14-34)40(21-24)32(45)27(18-22-8-4-3-5-9-22)39-15-12-23-10-6-7-11-25(23)39/h6-7,10-12,15,20,22,24,26-27,46H,3-5,8-9,13-14,16-19,21H2,1-2H3,(H2,35,43)(H,37,44)/t24-,26-,27?/m0/s1. The van der Waals surface area contributed by atoms with Crippen molar-refractivity contribution >= 4 is 34.4 Å². The number of amides is 3. The molecule has 3 atom stereocenters. The van der Waals surface area contributed by atoms with Crippen LogP contribution in [0.25, 0.3) is 10.9 Å². The molecule has 0 radical (unpaired) electrons. The average Bonchev–Trinajstić information content (AvgIpc) is 3.82. The highest BCUT2D eigenvalue weighted by Crippen LogP contribution is 2.38. The van der Waals surface area contributed by atoms with Crippen LogP contribution in [0.4, 0.5) is 0 Å². The summed E-state index contributed by atoms with van der Waals surface area (Å²) in [5, 5.41) is 23.1. The molecule has 6 rings (SSSR count). The molecule has 2 saturated heterocycles. The highest BCUT2D eigenvalue weighted by atomic mass is 16.5. The van der Waals surface area contributed by atoms with Gasteiger partial charge in [0.1, 0.15) is 23.2 Å². The second-order valence-corrected chi connectivity index (χ2v) is 13.9. The average molecular weight is 648 g/mol. The Bertz CT molecular complexity index is 1630. The van der Waals surface area contributed by atoms with Crippen LogP contribution >= 0.6 is 0 Å². The molecule has 3 aliphatic rings. The van der Waals surface area contributed by atoms with Crippen LogP contribution in [0.1, 0.15) is 89.4 Å². The van der Waals surface area contributed by atoms with Gasteiger partial charge < -0.3 is 30.4 Å². The number of carbonyl (C=O) groups excluding carboxylic acids is 4. The summed E-state index contributed by atoms with van der Waals surface area (Å²) in [6.07, 6.45) is 9.96. The number of hydrogen-bond acceptors (Lipinski definition) is 8. The fourth-order valence-electron chi connectivity index (χ4n) is 7.76. The molecule has 3 amide bonds. The number of fused-ring (bicyclic) bond motifs is 1. The summed E-state index contributed by atoms with van der Waals surface area (Å²) >= 11 is 0. The quantitative estimate of drug-likeness (QED) is 0.282. The number of ether oxygens (including phenoxy) is 1. The van der Waals surface area contributed by atoms with Gasteiger partial charge in [-0.05, 0) is 43.7 Å². The summed E-state index contributed by atoms with van der Waals surface area (Å²) in [5.74, 6) is -2.40. The van der Waals surface area contributed by atoms with Crippen LogP contribution in [0.5, 0.6) is 0 Å².